The predicted octanol–water partition coefficient (Wildman–Crippen LogP) is 4.20. The molecule has 122 valence electrons. The predicted molar refractivity (Wildman–Crippen MR) is 108 cm³/mol. The minimum Gasteiger partial charge on any atom is -0.374 e. The Morgan fingerprint density at radius 3 is 2.33 bits per heavy atom. The SMILES string of the molecule is CN(CCS)c1ccc2cc(/C=C/c3cc[n+](C)cc3)ccc2c1. The molecule has 3 rings (SSSR count). The van der Waals surface area contributed by atoms with Crippen LogP contribution in [0, 0.1) is 0 Å². The van der Waals surface area contributed by atoms with Crippen LogP contribution >= 0.6 is 12.6 Å². The lowest BCUT2D eigenvalue weighted by molar-refractivity contribution is -0.671. The number of fused-ring (bicyclic) bond motifs is 1. The number of nitrogens with zero attached hydrogens (tertiary/aromatic N) is 2. The number of anilines is 1. The zero-order valence-corrected chi connectivity index (χ0v) is 15.1. The van der Waals surface area contributed by atoms with Crippen molar-refractivity contribution < 1.29 is 4.57 Å². The Morgan fingerprint density at radius 1 is 0.917 bits per heavy atom. The van der Waals surface area contributed by atoms with E-state index in [2.05, 4.69) is 97.7 Å². The molecule has 0 aliphatic heterocycles. The van der Waals surface area contributed by atoms with Crippen LogP contribution in [0.15, 0.2) is 60.9 Å². The van der Waals surface area contributed by atoms with Gasteiger partial charge in [0, 0.05) is 37.2 Å². The third-order valence-electron chi connectivity index (χ3n) is 4.20. The zero-order valence-electron chi connectivity index (χ0n) is 14.2. The molecule has 0 spiro atoms. The fourth-order valence-corrected chi connectivity index (χ4v) is 2.99. The standard InChI is InChI=1S/C21H22N2S/c1-22-11-9-17(10-12-22)3-4-18-5-6-20-16-21(23(2)13-14-24)8-7-19(20)15-18/h3-12,15-16H,13-14H2,1-2H3/p+1. The van der Waals surface area contributed by atoms with E-state index < -0.39 is 0 Å². The van der Waals surface area contributed by atoms with E-state index in [1.54, 1.807) is 0 Å². The Labute approximate surface area is 149 Å². The Hall–Kier alpha value is -2.26. The van der Waals surface area contributed by atoms with Gasteiger partial charge in [-0.15, -0.1) is 0 Å². The molecule has 0 saturated heterocycles. The highest BCUT2D eigenvalue weighted by Gasteiger charge is 2.02. The lowest BCUT2D eigenvalue weighted by atomic mass is 10.0. The highest BCUT2D eigenvalue weighted by molar-refractivity contribution is 7.80. The smallest absolute Gasteiger partial charge is 0.169 e. The maximum atomic E-state index is 4.31. The van der Waals surface area contributed by atoms with Crippen molar-refractivity contribution in [1.82, 2.24) is 0 Å². The minimum atomic E-state index is 0.857. The number of hydrogen-bond donors (Lipinski definition) is 1. The molecule has 1 heterocycles. The Morgan fingerprint density at radius 2 is 1.58 bits per heavy atom. The molecule has 0 radical (unpaired) electrons. The third kappa shape index (κ3) is 3.98. The van der Waals surface area contributed by atoms with Gasteiger partial charge in [-0.05, 0) is 40.1 Å². The summed E-state index contributed by atoms with van der Waals surface area (Å²) in [7, 11) is 4.13. The Balaban J connectivity index is 1.83. The molecule has 0 fully saturated rings. The molecule has 0 saturated carbocycles. The molecule has 0 aliphatic rings. The van der Waals surface area contributed by atoms with Crippen LogP contribution in [0.1, 0.15) is 11.1 Å². The second-order valence-corrected chi connectivity index (χ2v) is 6.51. The van der Waals surface area contributed by atoms with E-state index in [1.165, 1.54) is 27.6 Å². The molecule has 24 heavy (non-hydrogen) atoms. The van der Waals surface area contributed by atoms with Gasteiger partial charge in [-0.2, -0.15) is 12.6 Å². The van der Waals surface area contributed by atoms with Crippen LogP contribution in [0.4, 0.5) is 5.69 Å². The summed E-state index contributed by atoms with van der Waals surface area (Å²) >= 11 is 4.31. The van der Waals surface area contributed by atoms with Gasteiger partial charge in [-0.1, -0.05) is 30.4 Å². The molecule has 3 aromatic rings. The van der Waals surface area contributed by atoms with Crippen LogP contribution in [0.2, 0.25) is 0 Å². The quantitative estimate of drug-likeness (QED) is 0.542. The van der Waals surface area contributed by atoms with Crippen molar-refractivity contribution in [3.8, 4) is 0 Å². The van der Waals surface area contributed by atoms with E-state index in [9.17, 15) is 0 Å². The minimum absolute atomic E-state index is 0.857. The first-order valence-corrected chi connectivity index (χ1v) is 8.78. The fraction of sp³-hybridized carbons (Fsp3) is 0.190. The van der Waals surface area contributed by atoms with E-state index in [1.807, 2.05) is 11.6 Å². The summed E-state index contributed by atoms with van der Waals surface area (Å²) in [4.78, 5) is 2.23. The average Bonchev–Trinajstić information content (AvgIpc) is 2.61. The molecule has 0 amide bonds. The Bertz CT molecular complexity index is 853. The first kappa shape index (κ1) is 16.6. The normalized spacial score (nSPS) is 11.3. The summed E-state index contributed by atoms with van der Waals surface area (Å²) in [5.74, 6) is 0.857. The van der Waals surface area contributed by atoms with Gasteiger partial charge >= 0.3 is 0 Å². The molecule has 0 bridgehead atoms. The van der Waals surface area contributed by atoms with Crippen molar-refractivity contribution in [2.24, 2.45) is 7.05 Å². The third-order valence-corrected chi connectivity index (χ3v) is 4.40. The molecule has 0 unspecified atom stereocenters. The van der Waals surface area contributed by atoms with Gasteiger partial charge in [-0.25, -0.2) is 4.57 Å². The van der Waals surface area contributed by atoms with Gasteiger partial charge in [0.2, 0.25) is 0 Å². The monoisotopic (exact) mass is 335 g/mol. The molecular weight excluding hydrogens is 312 g/mol. The van der Waals surface area contributed by atoms with Gasteiger partial charge in [0.1, 0.15) is 7.05 Å². The van der Waals surface area contributed by atoms with Crippen LogP contribution in [-0.2, 0) is 7.05 Å². The summed E-state index contributed by atoms with van der Waals surface area (Å²) in [5, 5.41) is 2.53. The topological polar surface area (TPSA) is 7.12 Å². The highest BCUT2D eigenvalue weighted by atomic mass is 32.1. The second kappa shape index (κ2) is 7.54. The second-order valence-electron chi connectivity index (χ2n) is 6.07. The molecule has 0 N–H and O–H groups in total. The van der Waals surface area contributed by atoms with Crippen LogP contribution in [0.25, 0.3) is 22.9 Å². The first-order valence-electron chi connectivity index (χ1n) is 8.15. The van der Waals surface area contributed by atoms with E-state index in [4.69, 9.17) is 0 Å². The van der Waals surface area contributed by atoms with E-state index in [0.29, 0.717) is 0 Å². The molecular formula is C21H23N2S+. The van der Waals surface area contributed by atoms with Gasteiger partial charge < -0.3 is 4.90 Å². The van der Waals surface area contributed by atoms with Crippen molar-refractivity contribution >= 4 is 41.2 Å². The maximum Gasteiger partial charge on any atom is 0.169 e. The molecule has 3 heteroatoms. The van der Waals surface area contributed by atoms with Crippen LogP contribution in [0.5, 0.6) is 0 Å². The molecule has 1 aromatic heterocycles. The summed E-state index contributed by atoms with van der Waals surface area (Å²) in [5.41, 5.74) is 3.65. The summed E-state index contributed by atoms with van der Waals surface area (Å²) in [6.45, 7) is 0.949. The Kier molecular flexibility index (Phi) is 5.21. The maximum absolute atomic E-state index is 4.31. The average molecular weight is 335 g/mol. The van der Waals surface area contributed by atoms with E-state index in [-0.39, 0.29) is 0 Å². The first-order chi connectivity index (χ1) is 11.7. The number of thiol groups is 1. The fourth-order valence-electron chi connectivity index (χ4n) is 2.69. The van der Waals surface area contributed by atoms with Crippen LogP contribution in [0.3, 0.4) is 0 Å². The number of pyridine rings is 1. The summed E-state index contributed by atoms with van der Waals surface area (Å²) in [6.07, 6.45) is 8.43. The molecule has 0 aliphatic carbocycles. The lowest BCUT2D eigenvalue weighted by Gasteiger charge is -2.18. The van der Waals surface area contributed by atoms with Gasteiger partial charge in [-0.3, -0.25) is 0 Å². The van der Waals surface area contributed by atoms with Crippen molar-refractivity contribution in [3.63, 3.8) is 0 Å². The molecule has 2 aromatic carbocycles. The van der Waals surface area contributed by atoms with Gasteiger partial charge in [0.05, 0.1) is 0 Å². The summed E-state index contributed by atoms with van der Waals surface area (Å²) in [6, 6.07) is 17.4. The van der Waals surface area contributed by atoms with E-state index >= 15 is 0 Å². The van der Waals surface area contributed by atoms with Gasteiger partial charge in [0.15, 0.2) is 12.4 Å². The lowest BCUT2D eigenvalue weighted by Crippen LogP contribution is -2.25. The van der Waals surface area contributed by atoms with Crippen molar-refractivity contribution in [1.29, 1.82) is 0 Å². The zero-order chi connectivity index (χ0) is 16.9. The molecule has 2 nitrogen and oxygen atoms in total. The number of rotatable bonds is 5. The van der Waals surface area contributed by atoms with Crippen molar-refractivity contribution in [2.75, 3.05) is 24.2 Å². The van der Waals surface area contributed by atoms with Gasteiger partial charge in [0.25, 0.3) is 0 Å². The van der Waals surface area contributed by atoms with Crippen molar-refractivity contribution in [3.05, 3.63) is 72.1 Å². The highest BCUT2D eigenvalue weighted by Crippen LogP contribution is 2.23. The number of benzene rings is 2. The van der Waals surface area contributed by atoms with Crippen LogP contribution in [-0.4, -0.2) is 19.3 Å². The van der Waals surface area contributed by atoms with E-state index in [0.717, 1.165) is 12.3 Å². The number of aryl methyl sites for hydroxylation is 1. The largest absolute Gasteiger partial charge is 0.374 e. The number of hydrogen-bond acceptors (Lipinski definition) is 2. The number of aromatic nitrogens is 1. The van der Waals surface area contributed by atoms with Crippen LogP contribution < -0.4 is 9.47 Å². The molecule has 0 atom stereocenters. The van der Waals surface area contributed by atoms with Crippen molar-refractivity contribution in [2.45, 2.75) is 0 Å². The summed E-state index contributed by atoms with van der Waals surface area (Å²) < 4.78 is 2.04.